The zero-order valence-corrected chi connectivity index (χ0v) is 13.0. The second kappa shape index (κ2) is 6.78. The molecule has 108 valence electrons. The summed E-state index contributed by atoms with van der Waals surface area (Å²) in [4.78, 5) is 12.4. The van der Waals surface area contributed by atoms with E-state index in [1.54, 1.807) is 25.1 Å². The van der Waals surface area contributed by atoms with Gasteiger partial charge in [-0.25, -0.2) is 0 Å². The summed E-state index contributed by atoms with van der Waals surface area (Å²) in [6, 6.07) is 7.09. The van der Waals surface area contributed by atoms with Gasteiger partial charge in [0.05, 0.1) is 23.5 Å². The average Bonchev–Trinajstić information content (AvgIpc) is 2.33. The highest BCUT2D eigenvalue weighted by molar-refractivity contribution is 8.00. The maximum absolute atomic E-state index is 11.7. The highest BCUT2D eigenvalue weighted by Gasteiger charge is 2.17. The number of nitrogens with zero attached hydrogens (tertiary/aromatic N) is 1. The van der Waals surface area contributed by atoms with Gasteiger partial charge in [0.1, 0.15) is 5.60 Å². The molecular weight excluding hydrogens is 274 g/mol. The summed E-state index contributed by atoms with van der Waals surface area (Å²) < 4.78 is 5.23. The molecule has 0 spiro atoms. The number of aliphatic hydroxyl groups excluding tert-OH is 1. The second-order valence-electron chi connectivity index (χ2n) is 5.42. The first kappa shape index (κ1) is 16.5. The molecule has 20 heavy (non-hydrogen) atoms. The van der Waals surface area contributed by atoms with Crippen molar-refractivity contribution in [1.29, 1.82) is 5.26 Å². The van der Waals surface area contributed by atoms with Crippen LogP contribution < -0.4 is 0 Å². The molecule has 1 aromatic carbocycles. The number of esters is 1. The van der Waals surface area contributed by atoms with Crippen LogP contribution in [0.4, 0.5) is 0 Å². The third-order valence-corrected chi connectivity index (χ3v) is 3.40. The van der Waals surface area contributed by atoms with Crippen molar-refractivity contribution in [3.8, 4) is 6.07 Å². The third kappa shape index (κ3) is 5.24. The largest absolute Gasteiger partial charge is 0.459 e. The Labute approximate surface area is 123 Å². The van der Waals surface area contributed by atoms with E-state index in [0.29, 0.717) is 11.1 Å². The van der Waals surface area contributed by atoms with E-state index in [1.807, 2.05) is 26.8 Å². The molecule has 1 rings (SSSR count). The quantitative estimate of drug-likeness (QED) is 0.682. The lowest BCUT2D eigenvalue weighted by molar-refractivity contribution is -0.151. The highest BCUT2D eigenvalue weighted by atomic mass is 32.2. The maximum atomic E-state index is 11.7. The van der Waals surface area contributed by atoms with Gasteiger partial charge in [-0.3, -0.25) is 4.79 Å². The van der Waals surface area contributed by atoms with E-state index in [-0.39, 0.29) is 11.7 Å². The third-order valence-electron chi connectivity index (χ3n) is 2.36. The van der Waals surface area contributed by atoms with E-state index < -0.39 is 11.7 Å². The lowest BCUT2D eigenvalue weighted by Gasteiger charge is -2.19. The number of benzene rings is 1. The van der Waals surface area contributed by atoms with E-state index in [4.69, 9.17) is 10.00 Å². The number of thioether (sulfide) groups is 1. The van der Waals surface area contributed by atoms with Gasteiger partial charge in [0.2, 0.25) is 0 Å². The normalized spacial score (nSPS) is 12.6. The molecule has 4 nitrogen and oxygen atoms in total. The summed E-state index contributed by atoms with van der Waals surface area (Å²) in [5, 5.41) is 18.6. The number of hydrogen-bond donors (Lipinski definition) is 1. The summed E-state index contributed by atoms with van der Waals surface area (Å²) in [6.07, 6.45) is -0.649. The fourth-order valence-corrected chi connectivity index (χ4v) is 2.53. The topological polar surface area (TPSA) is 70.3 Å². The van der Waals surface area contributed by atoms with Crippen molar-refractivity contribution in [2.45, 2.75) is 44.3 Å². The number of aliphatic hydroxyl groups is 1. The van der Waals surface area contributed by atoms with Gasteiger partial charge in [0, 0.05) is 4.90 Å². The van der Waals surface area contributed by atoms with E-state index in [2.05, 4.69) is 0 Å². The zero-order valence-electron chi connectivity index (χ0n) is 12.1. The molecule has 0 saturated carbocycles. The van der Waals surface area contributed by atoms with E-state index in [1.165, 1.54) is 11.8 Å². The minimum absolute atomic E-state index is 0.145. The zero-order chi connectivity index (χ0) is 15.3. The Bertz CT molecular complexity index is 527. The summed E-state index contributed by atoms with van der Waals surface area (Å²) in [5.41, 5.74) is 0.692. The molecule has 0 amide bonds. The van der Waals surface area contributed by atoms with E-state index >= 15 is 0 Å². The summed E-state index contributed by atoms with van der Waals surface area (Å²) in [7, 11) is 0. The Hall–Kier alpha value is -1.51. The van der Waals surface area contributed by atoms with E-state index in [0.717, 1.165) is 4.90 Å². The van der Waals surface area contributed by atoms with Gasteiger partial charge in [-0.2, -0.15) is 5.26 Å². The molecule has 5 heteroatoms. The average molecular weight is 293 g/mol. The Morgan fingerprint density at radius 3 is 2.65 bits per heavy atom. The first-order chi connectivity index (χ1) is 9.23. The smallest absolute Gasteiger partial charge is 0.316 e. The first-order valence-corrected chi connectivity index (χ1v) is 7.28. The van der Waals surface area contributed by atoms with Crippen molar-refractivity contribution < 1.29 is 14.6 Å². The van der Waals surface area contributed by atoms with Gasteiger partial charge in [-0.15, -0.1) is 11.8 Å². The van der Waals surface area contributed by atoms with Crippen molar-refractivity contribution >= 4 is 17.7 Å². The minimum atomic E-state index is -0.649. The van der Waals surface area contributed by atoms with Crippen LogP contribution in [0, 0.1) is 11.3 Å². The van der Waals surface area contributed by atoms with Crippen LogP contribution >= 0.6 is 11.8 Å². The molecule has 0 aromatic heterocycles. The number of hydrogen-bond acceptors (Lipinski definition) is 5. The molecule has 0 saturated heterocycles. The Morgan fingerprint density at radius 2 is 2.15 bits per heavy atom. The SMILES string of the molecule is C[C@H](O)c1ccc(C#N)cc1SCC(=O)OC(C)(C)C. The maximum Gasteiger partial charge on any atom is 0.316 e. The molecule has 0 unspecified atom stereocenters. The molecule has 0 bridgehead atoms. The Kier molecular flexibility index (Phi) is 5.61. The van der Waals surface area contributed by atoms with Gasteiger partial charge >= 0.3 is 5.97 Å². The minimum Gasteiger partial charge on any atom is -0.459 e. The van der Waals surface area contributed by atoms with Crippen molar-refractivity contribution in [2.75, 3.05) is 5.75 Å². The molecule has 0 aliphatic rings. The van der Waals surface area contributed by atoms with Crippen LogP contribution in [0.5, 0.6) is 0 Å². The molecule has 0 aliphatic carbocycles. The second-order valence-corrected chi connectivity index (χ2v) is 6.43. The van der Waals surface area contributed by atoms with Crippen LogP contribution in [0.3, 0.4) is 0 Å². The molecule has 1 N–H and O–H groups in total. The van der Waals surface area contributed by atoms with Crippen LogP contribution in [0.1, 0.15) is 44.9 Å². The summed E-state index contributed by atoms with van der Waals surface area (Å²) in [5.74, 6) is -0.173. The summed E-state index contributed by atoms with van der Waals surface area (Å²) in [6.45, 7) is 7.09. The predicted molar refractivity (Wildman–Crippen MR) is 78.4 cm³/mol. The number of carbonyl (C=O) groups excluding carboxylic acids is 1. The Balaban J connectivity index is 2.81. The standard InChI is InChI=1S/C15H19NO3S/c1-10(17)12-6-5-11(8-16)7-13(12)20-9-14(18)19-15(2,3)4/h5-7,10,17H,9H2,1-4H3/t10-/m0/s1. The highest BCUT2D eigenvalue weighted by Crippen LogP contribution is 2.29. The predicted octanol–water partition coefficient (Wildman–Crippen LogP) is 3.05. The van der Waals surface area contributed by atoms with Crippen LogP contribution in [0.2, 0.25) is 0 Å². The monoisotopic (exact) mass is 293 g/mol. The first-order valence-electron chi connectivity index (χ1n) is 6.29. The van der Waals surface area contributed by atoms with Crippen molar-refractivity contribution in [1.82, 2.24) is 0 Å². The fourth-order valence-electron chi connectivity index (χ4n) is 1.58. The van der Waals surface area contributed by atoms with Gasteiger partial charge in [-0.05, 0) is 45.4 Å². The van der Waals surface area contributed by atoms with Crippen molar-refractivity contribution in [3.63, 3.8) is 0 Å². The van der Waals surface area contributed by atoms with Gasteiger partial charge < -0.3 is 9.84 Å². The summed E-state index contributed by atoms with van der Waals surface area (Å²) >= 11 is 1.27. The fraction of sp³-hybridized carbons (Fsp3) is 0.467. The molecule has 1 aromatic rings. The molecule has 1 atom stereocenters. The molecular formula is C15H19NO3S. The molecule has 0 heterocycles. The van der Waals surface area contributed by atoms with Crippen LogP contribution in [-0.2, 0) is 9.53 Å². The number of carbonyl (C=O) groups is 1. The van der Waals surface area contributed by atoms with Gasteiger partial charge in [0.15, 0.2) is 0 Å². The van der Waals surface area contributed by atoms with Crippen molar-refractivity contribution in [2.24, 2.45) is 0 Å². The van der Waals surface area contributed by atoms with Crippen molar-refractivity contribution in [3.05, 3.63) is 29.3 Å². The number of ether oxygens (including phenoxy) is 1. The molecule has 0 fully saturated rings. The van der Waals surface area contributed by atoms with Gasteiger partial charge in [0.25, 0.3) is 0 Å². The lowest BCUT2D eigenvalue weighted by Crippen LogP contribution is -2.24. The van der Waals surface area contributed by atoms with Gasteiger partial charge in [-0.1, -0.05) is 6.07 Å². The van der Waals surface area contributed by atoms with Crippen LogP contribution in [0.15, 0.2) is 23.1 Å². The number of nitriles is 1. The van der Waals surface area contributed by atoms with E-state index in [9.17, 15) is 9.90 Å². The molecule has 0 radical (unpaired) electrons. The lowest BCUT2D eigenvalue weighted by atomic mass is 10.1. The van der Waals surface area contributed by atoms with Crippen LogP contribution in [0.25, 0.3) is 0 Å². The number of rotatable bonds is 4. The Morgan fingerprint density at radius 1 is 1.50 bits per heavy atom. The molecule has 0 aliphatic heterocycles. The van der Waals surface area contributed by atoms with Crippen LogP contribution in [-0.4, -0.2) is 22.4 Å².